The number of amides is 1. The van der Waals surface area contributed by atoms with Gasteiger partial charge in [0.2, 0.25) is 5.91 Å². The van der Waals surface area contributed by atoms with E-state index in [1.807, 2.05) is 31.2 Å². The Balaban J connectivity index is 1.48. The molecule has 2 heterocycles. The van der Waals surface area contributed by atoms with Gasteiger partial charge in [-0.3, -0.25) is 14.5 Å². The fraction of sp³-hybridized carbons (Fsp3) is 0.300. The largest absolute Gasteiger partial charge is 0.417 e. The van der Waals surface area contributed by atoms with Crippen molar-refractivity contribution in [3.63, 3.8) is 0 Å². The number of aromatic amines is 1. The van der Waals surface area contributed by atoms with Crippen molar-refractivity contribution in [3.05, 3.63) is 57.4 Å². The van der Waals surface area contributed by atoms with Crippen molar-refractivity contribution < 1.29 is 18.0 Å². The maximum Gasteiger partial charge on any atom is 0.417 e. The first-order valence-corrected chi connectivity index (χ1v) is 10.4. The number of benzene rings is 1. The minimum Gasteiger partial charge on any atom is -0.367 e. The Morgan fingerprint density at radius 2 is 1.97 bits per heavy atom. The molecule has 0 atom stereocenters. The van der Waals surface area contributed by atoms with Gasteiger partial charge in [0.1, 0.15) is 5.82 Å². The molecule has 0 bridgehead atoms. The van der Waals surface area contributed by atoms with Crippen molar-refractivity contribution in [2.75, 3.05) is 18.4 Å². The van der Waals surface area contributed by atoms with Gasteiger partial charge < -0.3 is 10.6 Å². The molecule has 3 rings (SSSR count). The van der Waals surface area contributed by atoms with Crippen LogP contribution >= 0.6 is 23.8 Å². The predicted molar refractivity (Wildman–Crippen MR) is 118 cm³/mol. The second-order valence-electron chi connectivity index (χ2n) is 6.95. The highest BCUT2D eigenvalue weighted by atomic mass is 35.5. The molecule has 0 aliphatic carbocycles. The quantitative estimate of drug-likeness (QED) is 0.321. The maximum absolute atomic E-state index is 12.7. The highest BCUT2D eigenvalue weighted by molar-refractivity contribution is 7.71. The van der Waals surface area contributed by atoms with E-state index in [1.54, 1.807) is 4.57 Å². The van der Waals surface area contributed by atoms with Crippen LogP contribution in [0.25, 0.3) is 11.4 Å². The molecular formula is C20H20ClF3N6OS. The summed E-state index contributed by atoms with van der Waals surface area (Å²) < 4.78 is 40.1. The fourth-order valence-electron chi connectivity index (χ4n) is 2.86. The molecule has 1 aromatic carbocycles. The number of aryl methyl sites for hydroxylation is 1. The van der Waals surface area contributed by atoms with Gasteiger partial charge in [-0.1, -0.05) is 41.4 Å². The number of halogens is 4. The number of anilines is 1. The highest BCUT2D eigenvalue weighted by Crippen LogP contribution is 2.32. The molecule has 0 spiro atoms. The summed E-state index contributed by atoms with van der Waals surface area (Å²) in [5, 5.41) is 12.4. The van der Waals surface area contributed by atoms with Crippen LogP contribution < -0.4 is 10.6 Å². The molecule has 12 heteroatoms. The molecule has 0 aliphatic rings. The van der Waals surface area contributed by atoms with E-state index in [-0.39, 0.29) is 36.3 Å². The number of alkyl halides is 3. The lowest BCUT2D eigenvalue weighted by Crippen LogP contribution is -2.29. The molecular weight excluding hydrogens is 465 g/mol. The van der Waals surface area contributed by atoms with Crippen LogP contribution in [0.5, 0.6) is 0 Å². The van der Waals surface area contributed by atoms with E-state index in [4.69, 9.17) is 23.8 Å². The summed E-state index contributed by atoms with van der Waals surface area (Å²) in [6.07, 6.45) is -3.64. The summed E-state index contributed by atoms with van der Waals surface area (Å²) in [7, 11) is 0. The Kier molecular flexibility index (Phi) is 7.52. The summed E-state index contributed by atoms with van der Waals surface area (Å²) >= 11 is 11.1. The number of hydrogen-bond acceptors (Lipinski definition) is 5. The zero-order chi connectivity index (χ0) is 23.3. The van der Waals surface area contributed by atoms with Gasteiger partial charge in [-0.25, -0.2) is 4.98 Å². The van der Waals surface area contributed by atoms with Crippen LogP contribution in [-0.4, -0.2) is 38.7 Å². The molecule has 2 aromatic heterocycles. The number of nitrogens with one attached hydrogen (secondary N) is 3. The first-order chi connectivity index (χ1) is 15.1. The van der Waals surface area contributed by atoms with E-state index >= 15 is 0 Å². The number of hydrogen-bond donors (Lipinski definition) is 3. The smallest absolute Gasteiger partial charge is 0.367 e. The summed E-state index contributed by atoms with van der Waals surface area (Å²) in [6, 6.07) is 8.60. The second-order valence-corrected chi connectivity index (χ2v) is 7.74. The second kappa shape index (κ2) is 10.1. The Hall–Kier alpha value is -2.92. The third-order valence-corrected chi connectivity index (χ3v) is 5.14. The molecule has 0 saturated carbocycles. The van der Waals surface area contributed by atoms with E-state index < -0.39 is 11.7 Å². The minimum absolute atomic E-state index is 0.112. The normalized spacial score (nSPS) is 11.4. The molecule has 32 heavy (non-hydrogen) atoms. The van der Waals surface area contributed by atoms with Gasteiger partial charge in [-0.15, -0.1) is 0 Å². The first-order valence-electron chi connectivity index (χ1n) is 9.60. The predicted octanol–water partition coefficient (Wildman–Crippen LogP) is 4.60. The van der Waals surface area contributed by atoms with Crippen LogP contribution in [0.1, 0.15) is 17.5 Å². The Morgan fingerprint density at radius 3 is 2.62 bits per heavy atom. The average molecular weight is 485 g/mol. The molecule has 0 radical (unpaired) electrons. The lowest BCUT2D eigenvalue weighted by atomic mass is 10.1. The molecule has 170 valence electrons. The summed E-state index contributed by atoms with van der Waals surface area (Å²) in [6.45, 7) is 2.80. The van der Waals surface area contributed by atoms with Crippen molar-refractivity contribution in [2.24, 2.45) is 0 Å². The summed E-state index contributed by atoms with van der Waals surface area (Å²) in [4.78, 5) is 15.9. The summed E-state index contributed by atoms with van der Waals surface area (Å²) in [5.41, 5.74) is 1.08. The third-order valence-electron chi connectivity index (χ3n) is 4.54. The van der Waals surface area contributed by atoms with Crippen LogP contribution in [-0.2, 0) is 17.5 Å². The van der Waals surface area contributed by atoms with Gasteiger partial charge in [-0.2, -0.15) is 18.3 Å². The molecule has 3 aromatic rings. The van der Waals surface area contributed by atoms with Gasteiger partial charge in [0, 0.05) is 37.8 Å². The average Bonchev–Trinajstić information content (AvgIpc) is 3.10. The van der Waals surface area contributed by atoms with E-state index in [0.29, 0.717) is 23.3 Å². The van der Waals surface area contributed by atoms with Crippen molar-refractivity contribution >= 4 is 35.5 Å². The van der Waals surface area contributed by atoms with E-state index in [1.165, 1.54) is 0 Å². The van der Waals surface area contributed by atoms with Gasteiger partial charge >= 0.3 is 6.18 Å². The van der Waals surface area contributed by atoms with Crippen molar-refractivity contribution in [1.82, 2.24) is 25.1 Å². The van der Waals surface area contributed by atoms with E-state index in [2.05, 4.69) is 25.8 Å². The number of aromatic nitrogens is 4. The lowest BCUT2D eigenvalue weighted by molar-refractivity contribution is -0.137. The molecule has 0 unspecified atom stereocenters. The molecule has 7 nitrogen and oxygen atoms in total. The van der Waals surface area contributed by atoms with Crippen molar-refractivity contribution in [2.45, 2.75) is 26.1 Å². The fourth-order valence-corrected chi connectivity index (χ4v) is 3.31. The van der Waals surface area contributed by atoms with Crippen LogP contribution in [0.15, 0.2) is 36.5 Å². The molecule has 3 N–H and O–H groups in total. The topological polar surface area (TPSA) is 87.6 Å². The van der Waals surface area contributed by atoms with Crippen molar-refractivity contribution in [1.29, 1.82) is 0 Å². The van der Waals surface area contributed by atoms with Gasteiger partial charge in [-0.05, 0) is 25.2 Å². The summed E-state index contributed by atoms with van der Waals surface area (Å²) in [5.74, 6) is 0.546. The van der Waals surface area contributed by atoms with Crippen LogP contribution in [0.3, 0.4) is 0 Å². The molecule has 0 saturated heterocycles. The SMILES string of the molecule is Cc1ccc(-c2n[nH]c(=S)n2CCC(=O)NCCNc2ncc(C(F)(F)F)cc2Cl)cc1. The standard InChI is InChI=1S/C20H20ClF3N6OS/c1-12-2-4-13(5-3-12)18-28-29-19(32)30(18)9-6-16(31)25-7-8-26-17-15(21)10-14(11-27-17)20(22,23)24/h2-5,10-11H,6-9H2,1H3,(H,25,31)(H,26,27)(H,29,32). The Labute approximate surface area is 192 Å². The van der Waals surface area contributed by atoms with Crippen molar-refractivity contribution in [3.8, 4) is 11.4 Å². The molecule has 0 fully saturated rings. The van der Waals surface area contributed by atoms with E-state index in [0.717, 1.165) is 17.2 Å². The van der Waals surface area contributed by atoms with Gasteiger partial charge in [0.15, 0.2) is 10.6 Å². The van der Waals surface area contributed by atoms with E-state index in [9.17, 15) is 18.0 Å². The number of rotatable bonds is 8. The van der Waals surface area contributed by atoms with Crippen LogP contribution in [0.2, 0.25) is 5.02 Å². The Bertz CT molecular complexity index is 1140. The lowest BCUT2D eigenvalue weighted by Gasteiger charge is -2.11. The monoisotopic (exact) mass is 484 g/mol. The Morgan fingerprint density at radius 1 is 1.25 bits per heavy atom. The zero-order valence-corrected chi connectivity index (χ0v) is 18.5. The zero-order valence-electron chi connectivity index (χ0n) is 17.0. The number of carbonyl (C=O) groups is 1. The number of nitrogens with zero attached hydrogens (tertiary/aromatic N) is 3. The number of pyridine rings is 1. The molecule has 0 aliphatic heterocycles. The van der Waals surface area contributed by atoms with Gasteiger partial charge in [0.05, 0.1) is 10.6 Å². The first kappa shape index (κ1) is 23.7. The minimum atomic E-state index is -4.51. The number of carbonyl (C=O) groups excluding carboxylic acids is 1. The third kappa shape index (κ3) is 6.07. The maximum atomic E-state index is 12.7. The highest BCUT2D eigenvalue weighted by Gasteiger charge is 2.31. The van der Waals surface area contributed by atoms with Gasteiger partial charge in [0.25, 0.3) is 0 Å². The van der Waals surface area contributed by atoms with Crippen LogP contribution in [0, 0.1) is 11.7 Å². The molecule has 1 amide bonds. The van der Waals surface area contributed by atoms with Crippen LogP contribution in [0.4, 0.5) is 19.0 Å². The number of H-pyrrole nitrogens is 1.